The minimum Gasteiger partial charge on any atom is -0.348 e. The first kappa shape index (κ1) is 13.7. The van der Waals surface area contributed by atoms with Gasteiger partial charge in [0, 0.05) is 6.61 Å². The van der Waals surface area contributed by atoms with Gasteiger partial charge < -0.3 is 23.7 Å². The number of hydrogen-bond acceptors (Lipinski definition) is 6. The fraction of sp³-hybridized carbons (Fsp3) is 1.00. The van der Waals surface area contributed by atoms with Gasteiger partial charge in [0.2, 0.25) is 0 Å². The van der Waals surface area contributed by atoms with Crippen LogP contribution in [0.1, 0.15) is 34.6 Å². The molecule has 0 bridgehead atoms. The van der Waals surface area contributed by atoms with E-state index in [0.717, 1.165) is 0 Å². The van der Waals surface area contributed by atoms with E-state index >= 15 is 0 Å². The maximum absolute atomic E-state index is 5.94. The molecular weight excluding hydrogens is 252 g/mol. The van der Waals surface area contributed by atoms with Gasteiger partial charge in [-0.2, -0.15) is 0 Å². The highest BCUT2D eigenvalue weighted by molar-refractivity contribution is 5.01. The van der Waals surface area contributed by atoms with Gasteiger partial charge in [0.1, 0.15) is 12.2 Å². The highest BCUT2D eigenvalue weighted by atomic mass is 17.0. The van der Waals surface area contributed by atoms with Crippen molar-refractivity contribution >= 4 is 0 Å². The van der Waals surface area contributed by atoms with Crippen molar-refractivity contribution in [3.8, 4) is 0 Å². The molecule has 3 aliphatic rings. The standard InChI is InChI=1S/C13H22O6/c1-6-14-13-10(18-12(4,5)19-13)9-8(16-13)7-15-11(2,3)17-9/h8-10H,6-7H2,1-5H3. The Hall–Kier alpha value is -0.240. The molecule has 3 fully saturated rings. The van der Waals surface area contributed by atoms with Crippen LogP contribution in [0.2, 0.25) is 0 Å². The van der Waals surface area contributed by atoms with Gasteiger partial charge in [0.25, 0.3) is 0 Å². The van der Waals surface area contributed by atoms with Gasteiger partial charge in [0.15, 0.2) is 17.7 Å². The molecule has 0 N–H and O–H groups in total. The maximum atomic E-state index is 5.94. The van der Waals surface area contributed by atoms with E-state index in [4.69, 9.17) is 28.4 Å². The molecule has 3 aliphatic heterocycles. The van der Waals surface area contributed by atoms with E-state index in [0.29, 0.717) is 13.2 Å². The van der Waals surface area contributed by atoms with Crippen LogP contribution in [-0.4, -0.2) is 49.1 Å². The van der Waals surface area contributed by atoms with Crippen molar-refractivity contribution in [2.24, 2.45) is 0 Å². The summed E-state index contributed by atoms with van der Waals surface area (Å²) in [5.41, 5.74) is 0. The zero-order chi connectivity index (χ0) is 13.9. The van der Waals surface area contributed by atoms with Gasteiger partial charge in [-0.25, -0.2) is 0 Å². The SMILES string of the molecule is CCOC12OC3COC(C)(C)OC3C1OC(C)(C)O2. The van der Waals surface area contributed by atoms with Crippen molar-refractivity contribution in [2.45, 2.75) is 70.5 Å². The number of hydrogen-bond donors (Lipinski definition) is 0. The third kappa shape index (κ3) is 2.20. The van der Waals surface area contributed by atoms with Crippen molar-refractivity contribution in [2.75, 3.05) is 13.2 Å². The topological polar surface area (TPSA) is 55.4 Å². The van der Waals surface area contributed by atoms with Gasteiger partial charge in [-0.1, -0.05) is 0 Å². The van der Waals surface area contributed by atoms with Crippen LogP contribution in [0.4, 0.5) is 0 Å². The summed E-state index contributed by atoms with van der Waals surface area (Å²) < 4.78 is 35.0. The number of rotatable bonds is 2. The molecule has 110 valence electrons. The molecular formula is C13H22O6. The molecule has 0 amide bonds. The molecule has 0 saturated carbocycles. The molecule has 3 rings (SSSR count). The van der Waals surface area contributed by atoms with Crippen molar-refractivity contribution in [3.05, 3.63) is 0 Å². The highest BCUT2D eigenvalue weighted by Crippen LogP contribution is 2.49. The second-order valence-corrected chi connectivity index (χ2v) is 6.03. The summed E-state index contributed by atoms with van der Waals surface area (Å²) >= 11 is 0. The summed E-state index contributed by atoms with van der Waals surface area (Å²) in [6.07, 6.45) is -0.895. The Kier molecular flexibility index (Phi) is 2.98. The van der Waals surface area contributed by atoms with E-state index in [1.165, 1.54) is 0 Å². The van der Waals surface area contributed by atoms with E-state index in [-0.39, 0.29) is 12.2 Å². The largest absolute Gasteiger partial charge is 0.348 e. The number of ether oxygens (including phenoxy) is 6. The predicted octanol–water partition coefficient (Wildman–Crippen LogP) is 1.38. The molecule has 0 radical (unpaired) electrons. The summed E-state index contributed by atoms with van der Waals surface area (Å²) in [5, 5.41) is 0. The van der Waals surface area contributed by atoms with Crippen LogP contribution in [0.3, 0.4) is 0 Å². The lowest BCUT2D eigenvalue weighted by Gasteiger charge is -2.38. The lowest BCUT2D eigenvalue weighted by Crippen LogP contribution is -2.51. The van der Waals surface area contributed by atoms with E-state index in [1.807, 2.05) is 34.6 Å². The van der Waals surface area contributed by atoms with Gasteiger partial charge in [-0.15, -0.1) is 0 Å². The van der Waals surface area contributed by atoms with Crippen LogP contribution >= 0.6 is 0 Å². The summed E-state index contributed by atoms with van der Waals surface area (Å²) in [4.78, 5) is 0. The third-order valence-electron chi connectivity index (χ3n) is 3.49. The van der Waals surface area contributed by atoms with Crippen molar-refractivity contribution in [1.82, 2.24) is 0 Å². The number of fused-ring (bicyclic) bond motifs is 3. The Bertz CT molecular complexity index is 368. The molecule has 4 unspecified atom stereocenters. The first-order valence-corrected chi connectivity index (χ1v) is 6.78. The molecule has 6 nitrogen and oxygen atoms in total. The normalized spacial score (nSPS) is 46.9. The lowest BCUT2D eigenvalue weighted by atomic mass is 10.1. The molecule has 0 spiro atoms. The molecule has 3 saturated heterocycles. The average molecular weight is 274 g/mol. The van der Waals surface area contributed by atoms with Gasteiger partial charge in [-0.3, -0.25) is 4.74 Å². The Balaban J connectivity index is 1.88. The van der Waals surface area contributed by atoms with E-state index < -0.39 is 23.7 Å². The molecule has 0 aromatic carbocycles. The Morgan fingerprint density at radius 3 is 2.47 bits per heavy atom. The summed E-state index contributed by atoms with van der Waals surface area (Å²) in [6.45, 7) is 10.3. The van der Waals surface area contributed by atoms with E-state index in [9.17, 15) is 0 Å². The molecule has 0 aromatic rings. The molecule has 0 aliphatic carbocycles. The van der Waals surface area contributed by atoms with Gasteiger partial charge in [0.05, 0.1) is 6.61 Å². The first-order chi connectivity index (χ1) is 8.77. The minimum atomic E-state index is -1.18. The maximum Gasteiger partial charge on any atom is 0.316 e. The monoisotopic (exact) mass is 274 g/mol. The van der Waals surface area contributed by atoms with Crippen LogP contribution < -0.4 is 0 Å². The van der Waals surface area contributed by atoms with Crippen LogP contribution in [-0.2, 0) is 28.4 Å². The molecule has 19 heavy (non-hydrogen) atoms. The predicted molar refractivity (Wildman–Crippen MR) is 64.2 cm³/mol. The Morgan fingerprint density at radius 2 is 1.79 bits per heavy atom. The van der Waals surface area contributed by atoms with Crippen LogP contribution in [0, 0.1) is 0 Å². The van der Waals surface area contributed by atoms with Gasteiger partial charge >= 0.3 is 5.97 Å². The summed E-state index contributed by atoms with van der Waals surface area (Å²) in [5.74, 6) is -2.59. The van der Waals surface area contributed by atoms with Crippen LogP contribution in [0.25, 0.3) is 0 Å². The fourth-order valence-electron chi connectivity index (χ4n) is 2.89. The van der Waals surface area contributed by atoms with Crippen molar-refractivity contribution in [1.29, 1.82) is 0 Å². The Morgan fingerprint density at radius 1 is 1.05 bits per heavy atom. The second-order valence-electron chi connectivity index (χ2n) is 6.03. The third-order valence-corrected chi connectivity index (χ3v) is 3.49. The smallest absolute Gasteiger partial charge is 0.316 e. The molecule has 6 heteroatoms. The zero-order valence-corrected chi connectivity index (χ0v) is 12.1. The second kappa shape index (κ2) is 4.13. The quantitative estimate of drug-likeness (QED) is 0.758. The fourth-order valence-corrected chi connectivity index (χ4v) is 2.89. The van der Waals surface area contributed by atoms with Crippen molar-refractivity contribution < 1.29 is 28.4 Å². The van der Waals surface area contributed by atoms with Crippen molar-refractivity contribution in [3.63, 3.8) is 0 Å². The van der Waals surface area contributed by atoms with Crippen LogP contribution in [0.15, 0.2) is 0 Å². The average Bonchev–Trinajstić information content (AvgIpc) is 2.66. The van der Waals surface area contributed by atoms with Gasteiger partial charge in [-0.05, 0) is 34.6 Å². The molecule has 4 atom stereocenters. The summed E-state index contributed by atoms with van der Waals surface area (Å²) in [6, 6.07) is 0. The van der Waals surface area contributed by atoms with E-state index in [2.05, 4.69) is 0 Å². The molecule has 0 aromatic heterocycles. The highest BCUT2D eigenvalue weighted by Gasteiger charge is 2.68. The zero-order valence-electron chi connectivity index (χ0n) is 12.1. The lowest BCUT2D eigenvalue weighted by molar-refractivity contribution is -0.385. The Labute approximate surface area is 113 Å². The minimum absolute atomic E-state index is 0.235. The van der Waals surface area contributed by atoms with Crippen LogP contribution in [0.5, 0.6) is 0 Å². The van der Waals surface area contributed by atoms with E-state index in [1.54, 1.807) is 0 Å². The molecule has 3 heterocycles. The summed E-state index contributed by atoms with van der Waals surface area (Å²) in [7, 11) is 0. The first-order valence-electron chi connectivity index (χ1n) is 6.78.